The SMILES string of the molecule is c1ccc(C2(c3ccccc3)c3ccccc3-c3ccc(-c4ccc5oc6c(ccc7c8cc(-c9ccc(-c%10ccc(-c%11ccc%12c%13ccccc%13c%13ccccc%13c%12c%11)cc%10)cc9)ccc8oc76)c5c4)cc32)cc1. The monoisotopic (exact) mass is 952 g/mol. The lowest BCUT2D eigenvalue weighted by molar-refractivity contribution is 0.633. The maximum absolute atomic E-state index is 6.71. The van der Waals surface area contributed by atoms with Gasteiger partial charge in [-0.1, -0.05) is 218 Å². The molecule has 13 aromatic carbocycles. The van der Waals surface area contributed by atoms with E-state index in [4.69, 9.17) is 8.83 Å². The molecule has 0 saturated heterocycles. The lowest BCUT2D eigenvalue weighted by Gasteiger charge is -2.34. The first-order chi connectivity index (χ1) is 37.2. The van der Waals surface area contributed by atoms with Gasteiger partial charge in [-0.2, -0.15) is 0 Å². The Morgan fingerprint density at radius 3 is 1.09 bits per heavy atom. The van der Waals surface area contributed by atoms with E-state index < -0.39 is 5.41 Å². The molecule has 15 aromatic rings. The molecule has 0 unspecified atom stereocenters. The molecule has 348 valence electrons. The van der Waals surface area contributed by atoms with Crippen LogP contribution in [-0.2, 0) is 5.41 Å². The van der Waals surface area contributed by atoms with E-state index in [0.29, 0.717) is 0 Å². The molecule has 1 aliphatic carbocycles. The summed E-state index contributed by atoms with van der Waals surface area (Å²) in [6.07, 6.45) is 0. The number of hydrogen-bond donors (Lipinski definition) is 0. The van der Waals surface area contributed by atoms with Crippen molar-refractivity contribution in [3.05, 3.63) is 289 Å². The van der Waals surface area contributed by atoms with Crippen molar-refractivity contribution in [1.29, 1.82) is 0 Å². The van der Waals surface area contributed by atoms with Gasteiger partial charge >= 0.3 is 0 Å². The molecule has 2 aromatic heterocycles. The zero-order valence-electron chi connectivity index (χ0n) is 40.7. The fourth-order valence-electron chi connectivity index (χ4n) is 12.8. The summed E-state index contributed by atoms with van der Waals surface area (Å²) in [7, 11) is 0. The van der Waals surface area contributed by atoms with Crippen LogP contribution in [0.2, 0.25) is 0 Å². The van der Waals surface area contributed by atoms with E-state index in [9.17, 15) is 0 Å². The lowest BCUT2D eigenvalue weighted by Crippen LogP contribution is -2.28. The Kier molecular flexibility index (Phi) is 8.99. The van der Waals surface area contributed by atoms with Crippen molar-refractivity contribution in [2.24, 2.45) is 0 Å². The Labute approximate surface area is 433 Å². The van der Waals surface area contributed by atoms with Crippen LogP contribution >= 0.6 is 0 Å². The molecule has 0 fully saturated rings. The van der Waals surface area contributed by atoms with Crippen molar-refractivity contribution in [2.45, 2.75) is 5.41 Å². The molecule has 2 nitrogen and oxygen atoms in total. The molecule has 0 spiro atoms. The molecular formula is C73H44O2. The number of rotatable bonds is 6. The van der Waals surface area contributed by atoms with Crippen molar-refractivity contribution in [2.75, 3.05) is 0 Å². The highest BCUT2D eigenvalue weighted by molar-refractivity contribution is 6.26. The van der Waals surface area contributed by atoms with Gasteiger partial charge in [0, 0.05) is 21.5 Å². The highest BCUT2D eigenvalue weighted by Gasteiger charge is 2.46. The zero-order valence-corrected chi connectivity index (χ0v) is 40.7. The Morgan fingerprint density at radius 1 is 0.213 bits per heavy atom. The van der Waals surface area contributed by atoms with E-state index in [1.807, 2.05) is 0 Å². The molecule has 0 radical (unpaired) electrons. The topological polar surface area (TPSA) is 26.3 Å². The minimum Gasteiger partial charge on any atom is -0.452 e. The van der Waals surface area contributed by atoms with E-state index in [2.05, 4.69) is 267 Å². The minimum atomic E-state index is -0.464. The van der Waals surface area contributed by atoms with Crippen molar-refractivity contribution in [3.8, 4) is 55.6 Å². The van der Waals surface area contributed by atoms with E-state index >= 15 is 0 Å². The lowest BCUT2D eigenvalue weighted by atomic mass is 9.67. The van der Waals surface area contributed by atoms with Gasteiger partial charge in [0.1, 0.15) is 11.2 Å². The standard InChI is InChI=1S/C73H44O2/c1-3-13-53(14-4-1)73(54-15-5-2-6-16-54)67-22-12-11-21-60(67)61-36-32-52(44-68(61)73)51-34-40-70-66(43-51)63-38-37-62-65-42-50(33-39-69(65)74-71(62)72(63)75-70)48-29-25-46(26-30-48)45-23-27-47(28-24-45)49-31-35-59-57-19-8-7-17-55(57)56-18-9-10-20-58(56)64(59)41-49/h1-44H. The third-order valence-electron chi connectivity index (χ3n) is 16.4. The van der Waals surface area contributed by atoms with Gasteiger partial charge < -0.3 is 8.83 Å². The molecule has 75 heavy (non-hydrogen) atoms. The molecular weight excluding hydrogens is 909 g/mol. The van der Waals surface area contributed by atoms with E-state index in [0.717, 1.165) is 66.1 Å². The summed E-state index contributed by atoms with van der Waals surface area (Å²) in [6.45, 7) is 0. The predicted octanol–water partition coefficient (Wildman–Crippen LogP) is 20.0. The van der Waals surface area contributed by atoms with Gasteiger partial charge in [0.2, 0.25) is 0 Å². The Balaban J connectivity index is 0.714. The van der Waals surface area contributed by atoms with Gasteiger partial charge in [-0.05, 0) is 159 Å². The highest BCUT2D eigenvalue weighted by atomic mass is 16.4. The third kappa shape index (κ3) is 6.21. The normalized spacial score (nSPS) is 12.9. The fraction of sp³-hybridized carbons (Fsp3) is 0.0137. The summed E-state index contributed by atoms with van der Waals surface area (Å²) >= 11 is 0. The van der Waals surface area contributed by atoms with Crippen molar-refractivity contribution >= 4 is 76.2 Å². The summed E-state index contributed by atoms with van der Waals surface area (Å²) < 4.78 is 13.4. The predicted molar refractivity (Wildman–Crippen MR) is 313 cm³/mol. The second-order valence-electron chi connectivity index (χ2n) is 20.2. The first-order valence-electron chi connectivity index (χ1n) is 25.9. The fourth-order valence-corrected chi connectivity index (χ4v) is 12.8. The summed E-state index contributed by atoms with van der Waals surface area (Å²) in [5, 5.41) is 12.0. The Morgan fingerprint density at radius 2 is 0.560 bits per heavy atom. The van der Waals surface area contributed by atoms with Crippen LogP contribution < -0.4 is 0 Å². The summed E-state index contributed by atoms with van der Waals surface area (Å²) in [6, 6.07) is 97.8. The summed E-state index contributed by atoms with van der Waals surface area (Å²) in [5.41, 5.74) is 19.8. The summed E-state index contributed by atoms with van der Waals surface area (Å²) in [5.74, 6) is 0. The van der Waals surface area contributed by atoms with Gasteiger partial charge in [0.15, 0.2) is 11.2 Å². The molecule has 0 N–H and O–H groups in total. The molecule has 2 heteroatoms. The van der Waals surface area contributed by atoms with E-state index in [1.54, 1.807) is 0 Å². The maximum Gasteiger partial charge on any atom is 0.178 e. The van der Waals surface area contributed by atoms with Crippen LogP contribution in [0, 0.1) is 0 Å². The van der Waals surface area contributed by atoms with Crippen LogP contribution in [0.3, 0.4) is 0 Å². The number of hydrogen-bond acceptors (Lipinski definition) is 2. The van der Waals surface area contributed by atoms with Gasteiger partial charge in [0.05, 0.1) is 5.41 Å². The smallest absolute Gasteiger partial charge is 0.178 e. The molecule has 0 bridgehead atoms. The number of benzene rings is 13. The van der Waals surface area contributed by atoms with Crippen LogP contribution in [-0.4, -0.2) is 0 Å². The van der Waals surface area contributed by atoms with Gasteiger partial charge in [0.25, 0.3) is 0 Å². The molecule has 0 saturated carbocycles. The molecule has 0 amide bonds. The molecule has 0 atom stereocenters. The van der Waals surface area contributed by atoms with Gasteiger partial charge in [-0.3, -0.25) is 0 Å². The van der Waals surface area contributed by atoms with Gasteiger partial charge in [-0.15, -0.1) is 0 Å². The van der Waals surface area contributed by atoms with Gasteiger partial charge in [-0.25, -0.2) is 0 Å². The first kappa shape index (κ1) is 41.8. The third-order valence-corrected chi connectivity index (χ3v) is 16.4. The van der Waals surface area contributed by atoms with Crippen LogP contribution in [0.5, 0.6) is 0 Å². The van der Waals surface area contributed by atoms with Crippen molar-refractivity contribution < 1.29 is 8.83 Å². The van der Waals surface area contributed by atoms with Crippen LogP contribution in [0.25, 0.3) is 132 Å². The largest absolute Gasteiger partial charge is 0.452 e. The quantitative estimate of drug-likeness (QED) is 0.155. The van der Waals surface area contributed by atoms with E-state index in [1.165, 1.54) is 88.0 Å². The van der Waals surface area contributed by atoms with E-state index in [-0.39, 0.29) is 0 Å². The van der Waals surface area contributed by atoms with Crippen LogP contribution in [0.1, 0.15) is 22.3 Å². The maximum atomic E-state index is 6.71. The molecule has 16 rings (SSSR count). The summed E-state index contributed by atoms with van der Waals surface area (Å²) in [4.78, 5) is 0. The minimum absolute atomic E-state index is 0.464. The zero-order chi connectivity index (χ0) is 49.2. The second kappa shape index (κ2) is 16.1. The van der Waals surface area contributed by atoms with Crippen molar-refractivity contribution in [3.63, 3.8) is 0 Å². The average molecular weight is 953 g/mol. The number of fused-ring (bicyclic) bond motifs is 16. The molecule has 0 aliphatic heterocycles. The molecule has 1 aliphatic rings. The average Bonchev–Trinajstić information content (AvgIpc) is 4.25. The van der Waals surface area contributed by atoms with Crippen molar-refractivity contribution in [1.82, 2.24) is 0 Å². The van der Waals surface area contributed by atoms with Crippen LogP contribution in [0.15, 0.2) is 276 Å². The Hall–Kier alpha value is -9.76. The number of furan rings is 2. The second-order valence-corrected chi connectivity index (χ2v) is 20.2. The molecule has 2 heterocycles. The first-order valence-corrected chi connectivity index (χ1v) is 25.9. The Bertz CT molecular complexity index is 4710. The highest BCUT2D eigenvalue weighted by Crippen LogP contribution is 2.57. The van der Waals surface area contributed by atoms with Crippen LogP contribution in [0.4, 0.5) is 0 Å².